The molecule has 31 heavy (non-hydrogen) atoms. The maximum atomic E-state index is 12.6. The molecule has 0 unspecified atom stereocenters. The summed E-state index contributed by atoms with van der Waals surface area (Å²) in [6.45, 7) is 2.83. The number of benzene rings is 2. The van der Waals surface area contributed by atoms with E-state index in [1.54, 1.807) is 24.5 Å². The molecule has 0 bridgehead atoms. The van der Waals surface area contributed by atoms with E-state index in [0.29, 0.717) is 35.8 Å². The van der Waals surface area contributed by atoms with E-state index in [0.717, 1.165) is 37.0 Å². The molecule has 1 saturated heterocycles. The number of hydrogen-bond acceptors (Lipinski definition) is 5. The van der Waals surface area contributed by atoms with Gasteiger partial charge >= 0.3 is 6.03 Å². The highest BCUT2D eigenvalue weighted by Crippen LogP contribution is 2.34. The number of carbonyl (C=O) groups is 2. The van der Waals surface area contributed by atoms with Crippen LogP contribution in [0, 0.1) is 0 Å². The Bertz CT molecular complexity index is 1140. The number of nitrogens with zero attached hydrogens (tertiary/aromatic N) is 3. The molecule has 3 heterocycles. The summed E-state index contributed by atoms with van der Waals surface area (Å²) in [6.07, 6.45) is 3.86. The zero-order valence-electron chi connectivity index (χ0n) is 17.0. The average Bonchev–Trinajstić information content (AvgIpc) is 3.53. The Morgan fingerprint density at radius 1 is 1.03 bits per heavy atom. The molecule has 9 heteroatoms. The SMILES string of the molecule is O=C(NCCn1cnc2cc(C(=O)N3CCCC3)ccc21)Nc1ccc2c(c1)OCO2. The number of rotatable bonds is 5. The topological polar surface area (TPSA) is 97.7 Å². The van der Waals surface area contributed by atoms with Gasteiger partial charge in [-0.25, -0.2) is 9.78 Å². The van der Waals surface area contributed by atoms with Crippen LogP contribution < -0.4 is 20.1 Å². The lowest BCUT2D eigenvalue weighted by atomic mass is 10.1. The first-order valence-electron chi connectivity index (χ1n) is 10.4. The second-order valence-corrected chi connectivity index (χ2v) is 7.59. The number of urea groups is 1. The second kappa shape index (κ2) is 8.17. The summed E-state index contributed by atoms with van der Waals surface area (Å²) in [6, 6.07) is 10.6. The Kier molecular flexibility index (Phi) is 5.07. The predicted octanol–water partition coefficient (Wildman–Crippen LogP) is 2.82. The van der Waals surface area contributed by atoms with E-state index in [1.165, 1.54) is 0 Å². The van der Waals surface area contributed by atoms with Crippen molar-refractivity contribution in [3.05, 3.63) is 48.3 Å². The quantitative estimate of drug-likeness (QED) is 0.660. The number of amides is 3. The first-order chi connectivity index (χ1) is 15.2. The smallest absolute Gasteiger partial charge is 0.319 e. The van der Waals surface area contributed by atoms with Crippen molar-refractivity contribution in [3.8, 4) is 11.5 Å². The number of anilines is 1. The predicted molar refractivity (Wildman–Crippen MR) is 114 cm³/mol. The Morgan fingerprint density at radius 2 is 1.87 bits per heavy atom. The fraction of sp³-hybridized carbons (Fsp3) is 0.318. The molecule has 2 aromatic carbocycles. The van der Waals surface area contributed by atoms with Gasteiger partial charge in [0.15, 0.2) is 11.5 Å². The van der Waals surface area contributed by atoms with Crippen LogP contribution in [0.3, 0.4) is 0 Å². The van der Waals surface area contributed by atoms with Gasteiger partial charge in [-0.1, -0.05) is 0 Å². The van der Waals surface area contributed by atoms with Crippen molar-refractivity contribution < 1.29 is 19.1 Å². The second-order valence-electron chi connectivity index (χ2n) is 7.59. The van der Waals surface area contributed by atoms with Gasteiger partial charge in [-0.3, -0.25) is 4.79 Å². The third-order valence-corrected chi connectivity index (χ3v) is 5.53. The fourth-order valence-electron chi connectivity index (χ4n) is 3.92. The first kappa shape index (κ1) is 19.2. The molecule has 9 nitrogen and oxygen atoms in total. The van der Waals surface area contributed by atoms with Gasteiger partial charge in [0.05, 0.1) is 17.4 Å². The van der Waals surface area contributed by atoms with Gasteiger partial charge in [0.25, 0.3) is 5.91 Å². The lowest BCUT2D eigenvalue weighted by Gasteiger charge is -2.15. The van der Waals surface area contributed by atoms with E-state index in [-0.39, 0.29) is 18.7 Å². The van der Waals surface area contributed by atoms with Crippen LogP contribution in [0.15, 0.2) is 42.7 Å². The number of likely N-dealkylation sites (tertiary alicyclic amines) is 1. The van der Waals surface area contributed by atoms with E-state index in [9.17, 15) is 9.59 Å². The van der Waals surface area contributed by atoms with Crippen LogP contribution in [-0.2, 0) is 6.54 Å². The maximum Gasteiger partial charge on any atom is 0.319 e. The third kappa shape index (κ3) is 3.98. The minimum absolute atomic E-state index is 0.0656. The number of aromatic nitrogens is 2. The minimum Gasteiger partial charge on any atom is -0.454 e. The van der Waals surface area contributed by atoms with E-state index in [1.807, 2.05) is 27.7 Å². The molecule has 2 N–H and O–H groups in total. The molecule has 2 aliphatic heterocycles. The summed E-state index contributed by atoms with van der Waals surface area (Å²) in [4.78, 5) is 31.1. The number of hydrogen-bond donors (Lipinski definition) is 2. The Labute approximate surface area is 178 Å². The van der Waals surface area contributed by atoms with Crippen LogP contribution in [0.5, 0.6) is 11.5 Å². The first-order valence-corrected chi connectivity index (χ1v) is 10.4. The van der Waals surface area contributed by atoms with E-state index in [4.69, 9.17) is 9.47 Å². The molecule has 3 aromatic rings. The van der Waals surface area contributed by atoms with Crippen molar-refractivity contribution in [1.29, 1.82) is 0 Å². The molecule has 0 atom stereocenters. The largest absolute Gasteiger partial charge is 0.454 e. The minimum atomic E-state index is -0.304. The van der Waals surface area contributed by atoms with Gasteiger partial charge < -0.3 is 29.6 Å². The number of imidazole rings is 1. The number of fused-ring (bicyclic) bond motifs is 2. The number of ether oxygens (including phenoxy) is 2. The van der Waals surface area contributed by atoms with Crippen LogP contribution in [-0.4, -0.2) is 52.8 Å². The molecule has 0 radical (unpaired) electrons. The van der Waals surface area contributed by atoms with Crippen LogP contribution in [0.1, 0.15) is 23.2 Å². The van der Waals surface area contributed by atoms with E-state index in [2.05, 4.69) is 15.6 Å². The average molecular weight is 421 g/mol. The zero-order valence-corrected chi connectivity index (χ0v) is 17.0. The molecule has 0 aliphatic carbocycles. The van der Waals surface area contributed by atoms with Crippen LogP contribution >= 0.6 is 0 Å². The van der Waals surface area contributed by atoms with Gasteiger partial charge in [0.2, 0.25) is 6.79 Å². The molecule has 0 spiro atoms. The van der Waals surface area contributed by atoms with Crippen molar-refractivity contribution in [2.24, 2.45) is 0 Å². The highest BCUT2D eigenvalue weighted by atomic mass is 16.7. The van der Waals surface area contributed by atoms with Crippen molar-refractivity contribution >= 4 is 28.7 Å². The molecule has 1 aromatic heterocycles. The lowest BCUT2D eigenvalue weighted by Crippen LogP contribution is -2.31. The summed E-state index contributed by atoms with van der Waals surface area (Å²) in [5, 5.41) is 5.62. The van der Waals surface area contributed by atoms with Crippen LogP contribution in [0.2, 0.25) is 0 Å². The van der Waals surface area contributed by atoms with E-state index < -0.39 is 0 Å². The van der Waals surface area contributed by atoms with Gasteiger partial charge in [-0.15, -0.1) is 0 Å². The highest BCUT2D eigenvalue weighted by Gasteiger charge is 2.20. The third-order valence-electron chi connectivity index (χ3n) is 5.53. The van der Waals surface area contributed by atoms with Crippen molar-refractivity contribution in [3.63, 3.8) is 0 Å². The van der Waals surface area contributed by atoms with E-state index >= 15 is 0 Å². The van der Waals surface area contributed by atoms with Gasteiger partial charge in [-0.2, -0.15) is 0 Å². The summed E-state index contributed by atoms with van der Waals surface area (Å²) >= 11 is 0. The maximum absolute atomic E-state index is 12.6. The Morgan fingerprint density at radius 3 is 2.74 bits per heavy atom. The molecule has 160 valence electrons. The Balaban J connectivity index is 1.17. The number of carbonyl (C=O) groups excluding carboxylic acids is 2. The Hall–Kier alpha value is -3.75. The standard InChI is InChI=1S/C22H23N5O4/c28-21(26-8-1-2-9-26)15-3-5-18-17(11-15)24-13-27(18)10-7-23-22(29)25-16-4-6-19-20(12-16)31-14-30-19/h3-6,11-13H,1-2,7-10,14H2,(H2,23,25,29). The summed E-state index contributed by atoms with van der Waals surface area (Å²) < 4.78 is 12.5. The van der Waals surface area contributed by atoms with Gasteiger partial charge in [-0.05, 0) is 43.2 Å². The van der Waals surface area contributed by atoms with Crippen molar-refractivity contribution in [2.45, 2.75) is 19.4 Å². The van der Waals surface area contributed by atoms with Crippen molar-refractivity contribution in [2.75, 3.05) is 31.7 Å². The zero-order chi connectivity index (χ0) is 21.2. The molecule has 2 aliphatic rings. The molecule has 3 amide bonds. The number of nitrogens with one attached hydrogen (secondary N) is 2. The monoisotopic (exact) mass is 421 g/mol. The highest BCUT2D eigenvalue weighted by molar-refractivity contribution is 5.97. The van der Waals surface area contributed by atoms with Gasteiger partial charge in [0.1, 0.15) is 0 Å². The lowest BCUT2D eigenvalue weighted by molar-refractivity contribution is 0.0793. The summed E-state index contributed by atoms with van der Waals surface area (Å²) in [5.74, 6) is 1.35. The molecular weight excluding hydrogens is 398 g/mol. The summed E-state index contributed by atoms with van der Waals surface area (Å²) in [7, 11) is 0. The van der Waals surface area contributed by atoms with Crippen LogP contribution in [0.4, 0.5) is 10.5 Å². The fourth-order valence-corrected chi connectivity index (χ4v) is 3.92. The molecular formula is C22H23N5O4. The van der Waals surface area contributed by atoms with Gasteiger partial charge in [0, 0.05) is 43.5 Å². The van der Waals surface area contributed by atoms with Crippen molar-refractivity contribution in [1.82, 2.24) is 19.8 Å². The normalized spacial score (nSPS) is 14.8. The summed E-state index contributed by atoms with van der Waals surface area (Å²) in [5.41, 5.74) is 3.00. The molecule has 0 saturated carbocycles. The molecule has 1 fully saturated rings. The van der Waals surface area contributed by atoms with Crippen LogP contribution in [0.25, 0.3) is 11.0 Å². The molecule has 5 rings (SSSR count).